The number of carbonyl (C=O) groups excluding carboxylic acids is 1. The van der Waals surface area contributed by atoms with Crippen LogP contribution in [0.4, 0.5) is 14.6 Å². The summed E-state index contributed by atoms with van der Waals surface area (Å²) in [5.41, 5.74) is -0.150. The smallest absolute Gasteiger partial charge is 0.255 e. The highest BCUT2D eigenvalue weighted by atomic mass is 19.3. The first kappa shape index (κ1) is 15.9. The average molecular weight is 326 g/mol. The summed E-state index contributed by atoms with van der Waals surface area (Å²) >= 11 is 0. The van der Waals surface area contributed by atoms with Crippen molar-refractivity contribution in [3.63, 3.8) is 0 Å². The molecule has 1 unspecified atom stereocenters. The number of anilines is 1. The molecule has 3 heterocycles. The molecule has 23 heavy (non-hydrogen) atoms. The van der Waals surface area contributed by atoms with Crippen LogP contribution in [-0.4, -0.2) is 52.5 Å². The van der Waals surface area contributed by atoms with E-state index in [9.17, 15) is 18.4 Å². The van der Waals surface area contributed by atoms with E-state index in [4.69, 9.17) is 0 Å². The van der Waals surface area contributed by atoms with E-state index in [0.29, 0.717) is 25.3 Å². The van der Waals surface area contributed by atoms with Crippen molar-refractivity contribution in [1.29, 1.82) is 0 Å². The van der Waals surface area contributed by atoms with E-state index >= 15 is 0 Å². The first-order valence-electron chi connectivity index (χ1n) is 7.80. The minimum absolute atomic E-state index is 0.0631. The zero-order valence-corrected chi connectivity index (χ0v) is 13.0. The Morgan fingerprint density at radius 1 is 1.30 bits per heavy atom. The molecule has 0 saturated carbocycles. The number of hydrogen-bond donors (Lipinski definition) is 0. The minimum atomic E-state index is -2.65. The van der Waals surface area contributed by atoms with Crippen molar-refractivity contribution < 1.29 is 13.6 Å². The summed E-state index contributed by atoms with van der Waals surface area (Å²) in [6, 6.07) is 1.45. The van der Waals surface area contributed by atoms with Crippen LogP contribution >= 0.6 is 0 Å². The summed E-state index contributed by atoms with van der Waals surface area (Å²) in [7, 11) is 1.63. The second kappa shape index (κ2) is 5.90. The van der Waals surface area contributed by atoms with Gasteiger partial charge in [0.25, 0.3) is 11.5 Å². The number of nitrogens with zero attached hydrogens (tertiary/aromatic N) is 4. The molecule has 0 aliphatic carbocycles. The van der Waals surface area contributed by atoms with Crippen molar-refractivity contribution >= 4 is 11.7 Å². The van der Waals surface area contributed by atoms with Gasteiger partial charge in [0.15, 0.2) is 0 Å². The fourth-order valence-corrected chi connectivity index (χ4v) is 3.11. The van der Waals surface area contributed by atoms with Gasteiger partial charge in [0, 0.05) is 52.1 Å². The minimum Gasteiger partial charge on any atom is -0.356 e. The molecule has 1 aromatic heterocycles. The molecular weight excluding hydrogens is 306 g/mol. The van der Waals surface area contributed by atoms with E-state index in [-0.39, 0.29) is 43.3 Å². The second-order valence-electron chi connectivity index (χ2n) is 6.31. The fraction of sp³-hybridized carbons (Fsp3) is 0.667. The molecule has 2 fully saturated rings. The summed E-state index contributed by atoms with van der Waals surface area (Å²) < 4.78 is 27.8. The number of aromatic nitrogens is 2. The number of alkyl halides is 2. The Hall–Kier alpha value is -1.99. The van der Waals surface area contributed by atoms with Crippen LogP contribution in [0, 0.1) is 5.92 Å². The van der Waals surface area contributed by atoms with Gasteiger partial charge >= 0.3 is 0 Å². The number of aryl methyl sites for hydroxylation is 1. The summed E-state index contributed by atoms with van der Waals surface area (Å²) in [6.45, 7) is 1.35. The van der Waals surface area contributed by atoms with E-state index in [1.54, 1.807) is 11.9 Å². The first-order valence-corrected chi connectivity index (χ1v) is 7.80. The Morgan fingerprint density at radius 2 is 2.00 bits per heavy atom. The quantitative estimate of drug-likeness (QED) is 0.809. The lowest BCUT2D eigenvalue weighted by molar-refractivity contribution is -0.140. The zero-order chi connectivity index (χ0) is 16.6. The molecule has 0 N–H and O–H groups in total. The Morgan fingerprint density at radius 3 is 2.65 bits per heavy atom. The van der Waals surface area contributed by atoms with Crippen molar-refractivity contribution in [1.82, 2.24) is 14.5 Å². The highest BCUT2D eigenvalue weighted by molar-refractivity contribution is 5.80. The van der Waals surface area contributed by atoms with Gasteiger partial charge in [-0.05, 0) is 6.42 Å². The molecule has 1 aromatic rings. The van der Waals surface area contributed by atoms with Crippen molar-refractivity contribution in [3.05, 3.63) is 22.7 Å². The second-order valence-corrected chi connectivity index (χ2v) is 6.31. The highest BCUT2D eigenvalue weighted by Crippen LogP contribution is 2.30. The molecule has 2 saturated heterocycles. The Bertz CT molecular complexity index is 651. The summed E-state index contributed by atoms with van der Waals surface area (Å²) in [6.07, 6.45) is 1.60. The third-order valence-electron chi connectivity index (χ3n) is 4.63. The maximum absolute atomic E-state index is 13.2. The maximum Gasteiger partial charge on any atom is 0.255 e. The standard InChI is InChI=1S/C15H20F2N4O2/c1-19-10-18-12(8-13(19)22)21-5-2-11(9-21)14(23)20-6-3-15(16,17)4-7-20/h8,10-11H,2-7,9H2,1H3. The highest BCUT2D eigenvalue weighted by Gasteiger charge is 2.38. The first-order chi connectivity index (χ1) is 10.9. The fourth-order valence-electron chi connectivity index (χ4n) is 3.11. The van der Waals surface area contributed by atoms with Gasteiger partial charge in [-0.25, -0.2) is 13.8 Å². The normalized spacial score (nSPS) is 24.0. The number of likely N-dealkylation sites (tertiary alicyclic amines) is 1. The third kappa shape index (κ3) is 3.35. The Kier molecular flexibility index (Phi) is 4.08. The van der Waals surface area contributed by atoms with E-state index in [1.165, 1.54) is 17.0 Å². The van der Waals surface area contributed by atoms with Gasteiger partial charge in [0.2, 0.25) is 5.91 Å². The topological polar surface area (TPSA) is 58.4 Å². The summed E-state index contributed by atoms with van der Waals surface area (Å²) in [5.74, 6) is -2.36. The molecular formula is C15H20F2N4O2. The van der Waals surface area contributed by atoms with Gasteiger partial charge in [0.1, 0.15) is 5.82 Å². The number of rotatable bonds is 2. The van der Waals surface area contributed by atoms with Crippen LogP contribution in [0.3, 0.4) is 0 Å². The van der Waals surface area contributed by atoms with Gasteiger partial charge in [-0.1, -0.05) is 0 Å². The van der Waals surface area contributed by atoms with Gasteiger partial charge in [0.05, 0.1) is 12.2 Å². The molecule has 2 aliphatic heterocycles. The molecule has 8 heteroatoms. The van der Waals surface area contributed by atoms with E-state index < -0.39 is 5.92 Å². The van der Waals surface area contributed by atoms with Gasteiger partial charge in [-0.2, -0.15) is 0 Å². The van der Waals surface area contributed by atoms with Crippen LogP contribution < -0.4 is 10.5 Å². The Labute approximate surface area is 132 Å². The summed E-state index contributed by atoms with van der Waals surface area (Å²) in [4.78, 5) is 31.8. The van der Waals surface area contributed by atoms with E-state index in [1.807, 2.05) is 4.90 Å². The lowest BCUT2D eigenvalue weighted by Gasteiger charge is -2.33. The molecule has 0 aromatic carbocycles. The number of hydrogen-bond acceptors (Lipinski definition) is 4. The number of amides is 1. The lowest BCUT2D eigenvalue weighted by Crippen LogP contribution is -2.45. The molecule has 0 bridgehead atoms. The van der Waals surface area contributed by atoms with Crippen LogP contribution in [0.2, 0.25) is 0 Å². The third-order valence-corrected chi connectivity index (χ3v) is 4.63. The van der Waals surface area contributed by atoms with E-state index in [2.05, 4.69) is 4.98 Å². The monoisotopic (exact) mass is 326 g/mol. The van der Waals surface area contributed by atoms with Crippen molar-refractivity contribution in [2.75, 3.05) is 31.1 Å². The van der Waals surface area contributed by atoms with Crippen molar-refractivity contribution in [3.8, 4) is 0 Å². The average Bonchev–Trinajstić information content (AvgIpc) is 2.99. The van der Waals surface area contributed by atoms with Crippen molar-refractivity contribution in [2.24, 2.45) is 13.0 Å². The van der Waals surface area contributed by atoms with Gasteiger partial charge in [-0.15, -0.1) is 0 Å². The molecule has 1 atom stereocenters. The zero-order valence-electron chi connectivity index (χ0n) is 13.0. The maximum atomic E-state index is 13.2. The number of halogens is 2. The molecule has 126 valence electrons. The molecule has 0 spiro atoms. The van der Waals surface area contributed by atoms with Crippen molar-refractivity contribution in [2.45, 2.75) is 25.2 Å². The Balaban J connectivity index is 1.62. The lowest BCUT2D eigenvalue weighted by atomic mass is 10.0. The van der Waals surface area contributed by atoms with Crippen LogP contribution in [0.5, 0.6) is 0 Å². The predicted octanol–water partition coefficient (Wildman–Crippen LogP) is 0.864. The molecule has 6 nitrogen and oxygen atoms in total. The number of carbonyl (C=O) groups is 1. The largest absolute Gasteiger partial charge is 0.356 e. The van der Waals surface area contributed by atoms with Gasteiger partial charge < -0.3 is 14.4 Å². The summed E-state index contributed by atoms with van der Waals surface area (Å²) in [5, 5.41) is 0. The molecule has 1 amide bonds. The molecule has 0 radical (unpaired) electrons. The molecule has 2 aliphatic rings. The van der Waals surface area contributed by atoms with Crippen LogP contribution in [0.15, 0.2) is 17.2 Å². The SMILES string of the molecule is Cn1cnc(N2CCC(C(=O)N3CCC(F)(F)CC3)C2)cc1=O. The van der Waals surface area contributed by atoms with E-state index in [0.717, 1.165) is 0 Å². The van der Waals surface area contributed by atoms with Gasteiger partial charge in [-0.3, -0.25) is 9.59 Å². The van der Waals surface area contributed by atoms with Crippen LogP contribution in [0.1, 0.15) is 19.3 Å². The molecule has 3 rings (SSSR count). The van der Waals surface area contributed by atoms with Crippen LogP contribution in [-0.2, 0) is 11.8 Å². The number of piperidine rings is 1. The predicted molar refractivity (Wildman–Crippen MR) is 80.6 cm³/mol. The van der Waals surface area contributed by atoms with Crippen LogP contribution in [0.25, 0.3) is 0 Å².